The van der Waals surface area contributed by atoms with Crippen LogP contribution in [0.3, 0.4) is 0 Å². The molecule has 2 amide bonds. The van der Waals surface area contributed by atoms with Gasteiger partial charge in [-0.2, -0.15) is 12.7 Å². The molecule has 208 valence electrons. The van der Waals surface area contributed by atoms with Crippen molar-refractivity contribution in [2.75, 3.05) is 24.9 Å². The van der Waals surface area contributed by atoms with Gasteiger partial charge in [0.05, 0.1) is 15.7 Å². The molecular weight excluding hydrogens is 554 g/mol. The van der Waals surface area contributed by atoms with Crippen LogP contribution in [0.1, 0.15) is 44.6 Å². The van der Waals surface area contributed by atoms with Gasteiger partial charge in [0.1, 0.15) is 18.4 Å². The summed E-state index contributed by atoms with van der Waals surface area (Å²) in [4.78, 5) is 28.6. The minimum absolute atomic E-state index is 0.00554. The molecule has 0 aliphatic heterocycles. The lowest BCUT2D eigenvalue weighted by Crippen LogP contribution is -2.54. The zero-order valence-electron chi connectivity index (χ0n) is 21.7. The number of halogens is 3. The highest BCUT2D eigenvalue weighted by Gasteiger charge is 2.34. The number of rotatable bonds is 11. The van der Waals surface area contributed by atoms with Crippen molar-refractivity contribution in [1.82, 2.24) is 14.5 Å². The van der Waals surface area contributed by atoms with Gasteiger partial charge in [-0.25, -0.2) is 8.70 Å². The average molecular weight is 588 g/mol. The highest BCUT2D eigenvalue weighted by molar-refractivity contribution is 7.90. The Labute approximate surface area is 233 Å². The van der Waals surface area contributed by atoms with E-state index in [1.165, 1.54) is 31.1 Å². The molecule has 2 aromatic carbocycles. The fraction of sp³-hybridized carbons (Fsp3) is 0.462. The van der Waals surface area contributed by atoms with Crippen molar-refractivity contribution in [3.05, 3.63) is 63.9 Å². The molecule has 0 saturated heterocycles. The number of benzene rings is 2. The molecular formula is C26H33Cl2FN4O4S. The molecule has 12 heteroatoms. The Kier molecular flexibility index (Phi) is 10.4. The monoisotopic (exact) mass is 586 g/mol. The first-order valence-corrected chi connectivity index (χ1v) is 14.6. The van der Waals surface area contributed by atoms with Crippen molar-refractivity contribution in [3.8, 4) is 0 Å². The van der Waals surface area contributed by atoms with Gasteiger partial charge in [0.25, 0.3) is 0 Å². The molecule has 0 radical (unpaired) electrons. The average Bonchev–Trinajstić information content (AvgIpc) is 3.38. The second-order valence-electron chi connectivity index (χ2n) is 9.46. The standard InChI is InChI=1S/C26H33Cl2FN4O4S/c1-4-24(26(35)30-20-7-5-6-8-20)32(16-18-9-14-22(27)23(28)15-18)25(34)17-33(38(36,37)31(2)3)21-12-10-19(29)11-13-21/h9-15,20,24H,4-8,16-17H2,1-3H3,(H,30,35)/t24-/m1/s1. The summed E-state index contributed by atoms with van der Waals surface area (Å²) in [5.41, 5.74) is 0.745. The topological polar surface area (TPSA) is 90.0 Å². The molecule has 2 aromatic rings. The van der Waals surface area contributed by atoms with E-state index in [0.717, 1.165) is 46.4 Å². The lowest BCUT2D eigenvalue weighted by Gasteiger charge is -2.34. The van der Waals surface area contributed by atoms with Crippen molar-refractivity contribution in [3.63, 3.8) is 0 Å². The molecule has 0 heterocycles. The Morgan fingerprint density at radius 1 is 1.05 bits per heavy atom. The summed E-state index contributed by atoms with van der Waals surface area (Å²) in [5.74, 6) is -1.44. The van der Waals surface area contributed by atoms with Crippen LogP contribution in [0.2, 0.25) is 10.0 Å². The number of nitrogens with one attached hydrogen (secondary N) is 1. The van der Waals surface area contributed by atoms with Crippen LogP contribution in [0.25, 0.3) is 0 Å². The first-order chi connectivity index (χ1) is 17.9. The van der Waals surface area contributed by atoms with E-state index < -0.39 is 34.5 Å². The summed E-state index contributed by atoms with van der Waals surface area (Å²) >= 11 is 12.3. The largest absolute Gasteiger partial charge is 0.352 e. The minimum Gasteiger partial charge on any atom is -0.352 e. The summed E-state index contributed by atoms with van der Waals surface area (Å²) in [6.45, 7) is 1.20. The van der Waals surface area contributed by atoms with Crippen LogP contribution in [-0.4, -0.2) is 62.2 Å². The van der Waals surface area contributed by atoms with Crippen LogP contribution in [-0.2, 0) is 26.3 Å². The second-order valence-corrected chi connectivity index (χ2v) is 12.3. The van der Waals surface area contributed by atoms with Crippen molar-refractivity contribution >= 4 is 50.9 Å². The van der Waals surface area contributed by atoms with Crippen LogP contribution in [0.15, 0.2) is 42.5 Å². The number of hydrogen-bond donors (Lipinski definition) is 1. The van der Waals surface area contributed by atoms with Crippen molar-refractivity contribution in [2.24, 2.45) is 0 Å². The maximum Gasteiger partial charge on any atom is 0.304 e. The van der Waals surface area contributed by atoms with Crippen molar-refractivity contribution in [2.45, 2.75) is 57.7 Å². The van der Waals surface area contributed by atoms with Gasteiger partial charge in [-0.3, -0.25) is 9.59 Å². The fourth-order valence-corrected chi connectivity index (χ4v) is 5.82. The van der Waals surface area contributed by atoms with Gasteiger partial charge in [0.2, 0.25) is 11.8 Å². The Morgan fingerprint density at radius 2 is 1.68 bits per heavy atom. The van der Waals surface area contributed by atoms with E-state index in [0.29, 0.717) is 22.0 Å². The highest BCUT2D eigenvalue weighted by atomic mass is 35.5. The summed E-state index contributed by atoms with van der Waals surface area (Å²) in [6, 6.07) is 8.92. The van der Waals surface area contributed by atoms with E-state index in [1.807, 2.05) is 0 Å². The number of amides is 2. The highest BCUT2D eigenvalue weighted by Crippen LogP contribution is 2.26. The fourth-order valence-electron chi connectivity index (χ4n) is 4.45. The minimum atomic E-state index is -4.13. The predicted molar refractivity (Wildman–Crippen MR) is 148 cm³/mol. The van der Waals surface area contributed by atoms with Crippen LogP contribution in [0.5, 0.6) is 0 Å². The van der Waals surface area contributed by atoms with Gasteiger partial charge >= 0.3 is 10.2 Å². The first kappa shape index (κ1) is 30.1. The van der Waals surface area contributed by atoms with Crippen LogP contribution >= 0.6 is 23.2 Å². The van der Waals surface area contributed by atoms with Gasteiger partial charge < -0.3 is 10.2 Å². The van der Waals surface area contributed by atoms with Gasteiger partial charge in [0, 0.05) is 26.7 Å². The summed E-state index contributed by atoms with van der Waals surface area (Å²) in [6.07, 6.45) is 4.12. The number of nitrogens with zero attached hydrogens (tertiary/aromatic N) is 3. The lowest BCUT2D eigenvalue weighted by atomic mass is 10.1. The van der Waals surface area contributed by atoms with E-state index >= 15 is 0 Å². The molecule has 1 aliphatic carbocycles. The SMILES string of the molecule is CC[C@H](C(=O)NC1CCCC1)N(Cc1ccc(Cl)c(Cl)c1)C(=O)CN(c1ccc(F)cc1)S(=O)(=O)N(C)C. The molecule has 0 spiro atoms. The molecule has 1 fully saturated rings. The quantitative estimate of drug-likeness (QED) is 0.416. The Bertz CT molecular complexity index is 1240. The number of carbonyl (C=O) groups excluding carboxylic acids is 2. The summed E-state index contributed by atoms with van der Waals surface area (Å²) < 4.78 is 41.8. The van der Waals surface area contributed by atoms with Crippen molar-refractivity contribution in [1.29, 1.82) is 0 Å². The molecule has 1 saturated carbocycles. The molecule has 0 unspecified atom stereocenters. The molecule has 38 heavy (non-hydrogen) atoms. The van der Waals surface area contributed by atoms with Crippen LogP contribution in [0.4, 0.5) is 10.1 Å². The predicted octanol–water partition coefficient (Wildman–Crippen LogP) is 4.61. The van der Waals surface area contributed by atoms with Gasteiger partial charge in [0.15, 0.2) is 0 Å². The van der Waals surface area contributed by atoms with E-state index in [4.69, 9.17) is 23.2 Å². The Hall–Kier alpha value is -2.40. The van der Waals surface area contributed by atoms with Crippen LogP contribution < -0.4 is 9.62 Å². The van der Waals surface area contributed by atoms with E-state index in [1.54, 1.807) is 25.1 Å². The third-order valence-electron chi connectivity index (χ3n) is 6.56. The number of hydrogen-bond acceptors (Lipinski definition) is 4. The van der Waals surface area contributed by atoms with Crippen molar-refractivity contribution < 1.29 is 22.4 Å². The molecule has 1 atom stereocenters. The Balaban J connectivity index is 1.98. The molecule has 1 aliphatic rings. The number of anilines is 1. The third kappa shape index (κ3) is 7.37. The van der Waals surface area contributed by atoms with E-state index in [9.17, 15) is 22.4 Å². The summed E-state index contributed by atoms with van der Waals surface area (Å²) in [7, 11) is -1.45. The number of carbonyl (C=O) groups is 2. The summed E-state index contributed by atoms with van der Waals surface area (Å²) in [5, 5.41) is 3.69. The zero-order valence-corrected chi connectivity index (χ0v) is 24.0. The smallest absolute Gasteiger partial charge is 0.304 e. The normalized spacial score (nSPS) is 14.9. The molecule has 0 aromatic heterocycles. The zero-order chi connectivity index (χ0) is 28.0. The lowest BCUT2D eigenvalue weighted by molar-refractivity contribution is -0.140. The van der Waals surface area contributed by atoms with E-state index in [2.05, 4.69) is 5.32 Å². The molecule has 0 bridgehead atoms. The first-order valence-electron chi connectivity index (χ1n) is 12.4. The molecule has 1 N–H and O–H groups in total. The second kappa shape index (κ2) is 13.1. The maximum atomic E-state index is 13.8. The third-order valence-corrected chi connectivity index (χ3v) is 9.12. The van der Waals surface area contributed by atoms with Gasteiger partial charge in [-0.15, -0.1) is 0 Å². The molecule has 3 rings (SSSR count). The van der Waals surface area contributed by atoms with Gasteiger partial charge in [-0.1, -0.05) is 49.0 Å². The maximum absolute atomic E-state index is 13.8. The Morgan fingerprint density at radius 3 is 2.24 bits per heavy atom. The molecule has 8 nitrogen and oxygen atoms in total. The van der Waals surface area contributed by atoms with E-state index in [-0.39, 0.29) is 24.2 Å². The van der Waals surface area contributed by atoms with Gasteiger partial charge in [-0.05, 0) is 61.2 Å². The van der Waals surface area contributed by atoms with Crippen LogP contribution in [0, 0.1) is 5.82 Å².